The second-order valence-electron chi connectivity index (χ2n) is 5.43. The van der Waals surface area contributed by atoms with E-state index in [0.29, 0.717) is 26.4 Å². The van der Waals surface area contributed by atoms with Crippen LogP contribution in [0.4, 0.5) is 4.79 Å². The Morgan fingerprint density at radius 3 is 2.70 bits per heavy atom. The molecule has 1 fully saturated rings. The van der Waals surface area contributed by atoms with Gasteiger partial charge in [0.2, 0.25) is 0 Å². The maximum Gasteiger partial charge on any atom is 0.410 e. The second kappa shape index (κ2) is 7.28. The summed E-state index contributed by atoms with van der Waals surface area (Å²) in [6, 6.07) is -0.317. The molecule has 1 heterocycles. The van der Waals surface area contributed by atoms with E-state index >= 15 is 0 Å². The van der Waals surface area contributed by atoms with Crippen molar-refractivity contribution in [2.45, 2.75) is 39.3 Å². The Balaban J connectivity index is 2.67. The van der Waals surface area contributed by atoms with Crippen LogP contribution in [-0.2, 0) is 19.0 Å². The highest BCUT2D eigenvalue weighted by Gasteiger charge is 2.29. The lowest BCUT2D eigenvalue weighted by Gasteiger charge is -2.35. The zero-order valence-electron chi connectivity index (χ0n) is 12.5. The van der Waals surface area contributed by atoms with Crippen LogP contribution in [0, 0.1) is 0 Å². The molecule has 0 aromatic heterocycles. The number of hydrogen-bond donors (Lipinski definition) is 0. The summed E-state index contributed by atoms with van der Waals surface area (Å²) >= 11 is 0. The van der Waals surface area contributed by atoms with Gasteiger partial charge in [0.25, 0.3) is 0 Å². The molecule has 1 aliphatic rings. The van der Waals surface area contributed by atoms with Gasteiger partial charge in [-0.3, -0.25) is 4.90 Å². The number of amides is 1. The van der Waals surface area contributed by atoms with Crippen LogP contribution in [0.15, 0.2) is 12.2 Å². The standard InChI is InChI=1S/C14H23NO5/c1-5-19-12(16)7-6-11-10-18-9-8-15(11)13(17)20-14(2,3)4/h6-7,11H,5,8-10H2,1-4H3/b7-6+. The number of nitrogens with zero attached hydrogens (tertiary/aromatic N) is 1. The normalized spacial score (nSPS) is 20.0. The lowest BCUT2D eigenvalue weighted by atomic mass is 10.2. The molecule has 1 amide bonds. The van der Waals surface area contributed by atoms with Gasteiger partial charge in [0.15, 0.2) is 0 Å². The molecular formula is C14H23NO5. The van der Waals surface area contributed by atoms with Crippen LogP contribution in [0.25, 0.3) is 0 Å². The minimum absolute atomic E-state index is 0.317. The number of hydrogen-bond acceptors (Lipinski definition) is 5. The molecule has 0 aliphatic carbocycles. The van der Waals surface area contributed by atoms with Crippen molar-refractivity contribution in [1.82, 2.24) is 4.90 Å². The molecule has 1 atom stereocenters. The van der Waals surface area contributed by atoms with E-state index in [1.54, 1.807) is 17.9 Å². The first-order valence-corrected chi connectivity index (χ1v) is 6.76. The van der Waals surface area contributed by atoms with Crippen molar-refractivity contribution in [3.05, 3.63) is 12.2 Å². The molecule has 1 aliphatic heterocycles. The molecule has 6 heteroatoms. The van der Waals surface area contributed by atoms with Crippen molar-refractivity contribution in [3.8, 4) is 0 Å². The van der Waals surface area contributed by atoms with Crippen molar-refractivity contribution < 1.29 is 23.8 Å². The first-order chi connectivity index (χ1) is 9.33. The Hall–Kier alpha value is -1.56. The molecule has 114 valence electrons. The topological polar surface area (TPSA) is 65.1 Å². The maximum atomic E-state index is 12.1. The van der Waals surface area contributed by atoms with Crippen LogP contribution < -0.4 is 0 Å². The Bertz CT molecular complexity index is 372. The van der Waals surface area contributed by atoms with Crippen LogP contribution >= 0.6 is 0 Å². The van der Waals surface area contributed by atoms with Crippen molar-refractivity contribution in [3.63, 3.8) is 0 Å². The van der Waals surface area contributed by atoms with Crippen molar-refractivity contribution >= 4 is 12.1 Å². The molecule has 0 N–H and O–H groups in total. The third kappa shape index (κ3) is 5.61. The van der Waals surface area contributed by atoms with Gasteiger partial charge in [-0.15, -0.1) is 0 Å². The third-order valence-electron chi connectivity index (χ3n) is 2.53. The number of rotatable bonds is 3. The van der Waals surface area contributed by atoms with Gasteiger partial charge in [0.1, 0.15) is 5.60 Å². The van der Waals surface area contributed by atoms with Gasteiger partial charge in [-0.05, 0) is 27.7 Å². The van der Waals surface area contributed by atoms with Crippen LogP contribution in [0.1, 0.15) is 27.7 Å². The van der Waals surface area contributed by atoms with Crippen LogP contribution in [0.5, 0.6) is 0 Å². The molecule has 1 unspecified atom stereocenters. The molecule has 0 aromatic carbocycles. The molecule has 1 rings (SSSR count). The van der Waals surface area contributed by atoms with Gasteiger partial charge in [-0.2, -0.15) is 0 Å². The van der Waals surface area contributed by atoms with Gasteiger partial charge in [-0.25, -0.2) is 9.59 Å². The quantitative estimate of drug-likeness (QED) is 0.584. The molecule has 1 saturated heterocycles. The Labute approximate surface area is 119 Å². The van der Waals surface area contributed by atoms with Gasteiger partial charge in [0, 0.05) is 12.6 Å². The van der Waals surface area contributed by atoms with Crippen LogP contribution in [0.2, 0.25) is 0 Å². The molecular weight excluding hydrogens is 262 g/mol. The first-order valence-electron chi connectivity index (χ1n) is 6.76. The van der Waals surface area contributed by atoms with Gasteiger partial charge in [-0.1, -0.05) is 6.08 Å². The van der Waals surface area contributed by atoms with E-state index in [1.807, 2.05) is 20.8 Å². The van der Waals surface area contributed by atoms with E-state index in [4.69, 9.17) is 14.2 Å². The van der Waals surface area contributed by atoms with Crippen molar-refractivity contribution in [1.29, 1.82) is 0 Å². The maximum absolute atomic E-state index is 12.1. The highest BCUT2D eigenvalue weighted by Crippen LogP contribution is 2.15. The molecule has 0 bridgehead atoms. The van der Waals surface area contributed by atoms with Gasteiger partial charge >= 0.3 is 12.1 Å². The fourth-order valence-corrected chi connectivity index (χ4v) is 1.71. The zero-order chi connectivity index (χ0) is 15.2. The summed E-state index contributed by atoms with van der Waals surface area (Å²) < 4.78 is 15.5. The summed E-state index contributed by atoms with van der Waals surface area (Å²) in [5, 5.41) is 0. The van der Waals surface area contributed by atoms with Crippen molar-refractivity contribution in [2.75, 3.05) is 26.4 Å². The fraction of sp³-hybridized carbons (Fsp3) is 0.714. The van der Waals surface area contributed by atoms with E-state index in [-0.39, 0.29) is 6.04 Å². The summed E-state index contributed by atoms with van der Waals surface area (Å²) in [7, 11) is 0. The summed E-state index contributed by atoms with van der Waals surface area (Å²) in [6.07, 6.45) is 2.53. The minimum Gasteiger partial charge on any atom is -0.463 e. The largest absolute Gasteiger partial charge is 0.463 e. The predicted octanol–water partition coefficient (Wildman–Crippen LogP) is 1.74. The molecule has 0 saturated carbocycles. The minimum atomic E-state index is -0.551. The average Bonchev–Trinajstić information content (AvgIpc) is 2.35. The first kappa shape index (κ1) is 16.5. The van der Waals surface area contributed by atoms with E-state index in [0.717, 1.165) is 0 Å². The molecule has 20 heavy (non-hydrogen) atoms. The third-order valence-corrected chi connectivity index (χ3v) is 2.53. The van der Waals surface area contributed by atoms with Crippen LogP contribution in [0.3, 0.4) is 0 Å². The average molecular weight is 285 g/mol. The predicted molar refractivity (Wildman–Crippen MR) is 73.3 cm³/mol. The van der Waals surface area contributed by atoms with E-state index in [1.165, 1.54) is 6.08 Å². The highest BCUT2D eigenvalue weighted by molar-refractivity contribution is 5.82. The lowest BCUT2D eigenvalue weighted by Crippen LogP contribution is -2.49. The smallest absolute Gasteiger partial charge is 0.410 e. The van der Waals surface area contributed by atoms with E-state index in [2.05, 4.69) is 0 Å². The monoisotopic (exact) mass is 285 g/mol. The molecule has 6 nitrogen and oxygen atoms in total. The SMILES string of the molecule is CCOC(=O)/C=C/C1COCCN1C(=O)OC(C)(C)C. The Morgan fingerprint density at radius 1 is 1.40 bits per heavy atom. The van der Waals surface area contributed by atoms with Gasteiger partial charge in [0.05, 0.1) is 25.9 Å². The van der Waals surface area contributed by atoms with E-state index < -0.39 is 17.7 Å². The summed E-state index contributed by atoms with van der Waals surface area (Å²) in [5.74, 6) is -0.429. The summed E-state index contributed by atoms with van der Waals surface area (Å²) in [6.45, 7) is 8.74. The van der Waals surface area contributed by atoms with E-state index in [9.17, 15) is 9.59 Å². The molecule has 0 radical (unpaired) electrons. The van der Waals surface area contributed by atoms with Crippen LogP contribution in [-0.4, -0.2) is 55.0 Å². The molecule has 0 aromatic rings. The number of carbonyl (C=O) groups excluding carboxylic acids is 2. The van der Waals surface area contributed by atoms with Crippen molar-refractivity contribution in [2.24, 2.45) is 0 Å². The second-order valence-corrected chi connectivity index (χ2v) is 5.43. The number of ether oxygens (including phenoxy) is 3. The Morgan fingerprint density at radius 2 is 2.10 bits per heavy atom. The zero-order valence-corrected chi connectivity index (χ0v) is 12.5. The number of carbonyl (C=O) groups is 2. The molecule has 0 spiro atoms. The number of esters is 1. The Kier molecular flexibility index (Phi) is 6.01. The fourth-order valence-electron chi connectivity index (χ4n) is 1.71. The highest BCUT2D eigenvalue weighted by atomic mass is 16.6. The van der Waals surface area contributed by atoms with Gasteiger partial charge < -0.3 is 14.2 Å². The summed E-state index contributed by atoms with van der Waals surface area (Å²) in [4.78, 5) is 25.0. The number of morpholine rings is 1. The lowest BCUT2D eigenvalue weighted by molar-refractivity contribution is -0.137. The summed E-state index contributed by atoms with van der Waals surface area (Å²) in [5.41, 5.74) is -0.551.